The van der Waals surface area contributed by atoms with Gasteiger partial charge in [-0.1, -0.05) is 13.0 Å². The van der Waals surface area contributed by atoms with E-state index >= 15 is 0 Å². The van der Waals surface area contributed by atoms with Gasteiger partial charge < -0.3 is 15.1 Å². The third-order valence-electron chi connectivity index (χ3n) is 3.63. The highest BCUT2D eigenvalue weighted by Crippen LogP contribution is 2.21. The van der Waals surface area contributed by atoms with Gasteiger partial charge in [0.1, 0.15) is 0 Å². The number of piperazine rings is 1. The molecule has 0 unspecified atom stereocenters. The van der Waals surface area contributed by atoms with Crippen molar-refractivity contribution in [1.82, 2.24) is 4.90 Å². The van der Waals surface area contributed by atoms with Crippen molar-refractivity contribution in [1.29, 1.82) is 0 Å². The molecule has 1 N–H and O–H groups in total. The fourth-order valence-electron chi connectivity index (χ4n) is 2.57. The van der Waals surface area contributed by atoms with Crippen molar-refractivity contribution in [2.24, 2.45) is 0 Å². The Morgan fingerprint density at radius 2 is 1.90 bits per heavy atom. The van der Waals surface area contributed by atoms with Crippen molar-refractivity contribution < 1.29 is 9.59 Å². The molecule has 5 nitrogen and oxygen atoms in total. The number of rotatable bonds is 4. The van der Waals surface area contributed by atoms with Crippen LogP contribution in [0, 0.1) is 0 Å². The number of hydrogen-bond acceptors (Lipinski definition) is 3. The lowest BCUT2D eigenvalue weighted by Gasteiger charge is -2.36. The van der Waals surface area contributed by atoms with E-state index in [0.717, 1.165) is 44.0 Å². The topological polar surface area (TPSA) is 52.7 Å². The fraction of sp³-hybridized carbons (Fsp3) is 0.500. The Hall–Kier alpha value is -2.04. The molecule has 2 rings (SSSR count). The van der Waals surface area contributed by atoms with Crippen molar-refractivity contribution in [2.45, 2.75) is 26.7 Å². The van der Waals surface area contributed by atoms with Gasteiger partial charge in [-0.25, -0.2) is 0 Å². The molecule has 0 saturated carbocycles. The fourth-order valence-corrected chi connectivity index (χ4v) is 2.57. The van der Waals surface area contributed by atoms with Crippen LogP contribution in [0.5, 0.6) is 0 Å². The average Bonchev–Trinajstić information content (AvgIpc) is 2.47. The molecule has 0 atom stereocenters. The van der Waals surface area contributed by atoms with Gasteiger partial charge in [0.2, 0.25) is 11.8 Å². The van der Waals surface area contributed by atoms with Crippen LogP contribution in [0.4, 0.5) is 11.4 Å². The van der Waals surface area contributed by atoms with Gasteiger partial charge in [-0.2, -0.15) is 0 Å². The zero-order chi connectivity index (χ0) is 15.2. The summed E-state index contributed by atoms with van der Waals surface area (Å²) >= 11 is 0. The third kappa shape index (κ3) is 4.21. The summed E-state index contributed by atoms with van der Waals surface area (Å²) < 4.78 is 0. The Balaban J connectivity index is 1.95. The van der Waals surface area contributed by atoms with Crippen LogP contribution in [0.15, 0.2) is 24.3 Å². The minimum Gasteiger partial charge on any atom is -0.368 e. The van der Waals surface area contributed by atoms with Crippen LogP contribution in [0.1, 0.15) is 26.7 Å². The van der Waals surface area contributed by atoms with E-state index in [0.29, 0.717) is 6.42 Å². The Morgan fingerprint density at radius 3 is 2.52 bits per heavy atom. The highest BCUT2D eigenvalue weighted by atomic mass is 16.2. The minimum absolute atomic E-state index is 0.0675. The van der Waals surface area contributed by atoms with Gasteiger partial charge in [-0.3, -0.25) is 9.59 Å². The van der Waals surface area contributed by atoms with E-state index in [2.05, 4.69) is 10.2 Å². The number of nitrogens with one attached hydrogen (secondary N) is 1. The lowest BCUT2D eigenvalue weighted by Crippen LogP contribution is -2.48. The van der Waals surface area contributed by atoms with Gasteiger partial charge in [-0.05, 0) is 24.6 Å². The predicted molar refractivity (Wildman–Crippen MR) is 84.4 cm³/mol. The van der Waals surface area contributed by atoms with E-state index in [4.69, 9.17) is 0 Å². The summed E-state index contributed by atoms with van der Waals surface area (Å²) in [5.41, 5.74) is 1.90. The zero-order valence-electron chi connectivity index (χ0n) is 12.8. The molecular formula is C16H23N3O2. The number of anilines is 2. The average molecular weight is 289 g/mol. The van der Waals surface area contributed by atoms with Crippen LogP contribution in [-0.2, 0) is 9.59 Å². The van der Waals surface area contributed by atoms with E-state index in [1.807, 2.05) is 36.1 Å². The van der Waals surface area contributed by atoms with E-state index in [9.17, 15) is 9.59 Å². The maximum atomic E-state index is 11.9. The molecule has 1 heterocycles. The summed E-state index contributed by atoms with van der Waals surface area (Å²) in [6, 6.07) is 7.83. The lowest BCUT2D eigenvalue weighted by molar-refractivity contribution is -0.131. The molecule has 1 aromatic carbocycles. The predicted octanol–water partition coefficient (Wildman–Crippen LogP) is 2.09. The number of carbonyl (C=O) groups is 2. The standard InChI is InChI=1S/C16H23N3O2/c1-3-5-16(21)19-10-8-18(9-11-19)15-7-4-6-14(12-15)17-13(2)20/h4,6-7,12H,3,5,8-11H2,1-2H3,(H,17,20). The van der Waals surface area contributed by atoms with Crippen LogP contribution < -0.4 is 10.2 Å². The molecule has 0 radical (unpaired) electrons. The molecule has 0 aromatic heterocycles. The van der Waals surface area contributed by atoms with Crippen molar-refractivity contribution in [3.05, 3.63) is 24.3 Å². The summed E-state index contributed by atoms with van der Waals surface area (Å²) in [7, 11) is 0. The third-order valence-corrected chi connectivity index (χ3v) is 3.63. The smallest absolute Gasteiger partial charge is 0.222 e. The van der Waals surface area contributed by atoms with E-state index in [1.54, 1.807) is 0 Å². The highest BCUT2D eigenvalue weighted by Gasteiger charge is 2.20. The summed E-state index contributed by atoms with van der Waals surface area (Å²) in [5, 5.41) is 2.80. The summed E-state index contributed by atoms with van der Waals surface area (Å²) in [4.78, 5) is 27.2. The Labute approximate surface area is 125 Å². The molecule has 21 heavy (non-hydrogen) atoms. The largest absolute Gasteiger partial charge is 0.368 e. The van der Waals surface area contributed by atoms with E-state index in [-0.39, 0.29) is 11.8 Å². The number of benzene rings is 1. The van der Waals surface area contributed by atoms with Crippen molar-refractivity contribution >= 4 is 23.2 Å². The van der Waals surface area contributed by atoms with Gasteiger partial charge in [0.05, 0.1) is 0 Å². The van der Waals surface area contributed by atoms with Crippen LogP contribution in [-0.4, -0.2) is 42.9 Å². The summed E-state index contributed by atoms with van der Waals surface area (Å²) in [6.45, 7) is 6.73. The zero-order valence-corrected chi connectivity index (χ0v) is 12.8. The van der Waals surface area contributed by atoms with Crippen LogP contribution in [0.25, 0.3) is 0 Å². The summed E-state index contributed by atoms with van der Waals surface area (Å²) in [5.74, 6) is 0.186. The second-order valence-electron chi connectivity index (χ2n) is 5.35. The first kappa shape index (κ1) is 15.4. The monoisotopic (exact) mass is 289 g/mol. The van der Waals surface area contributed by atoms with Crippen LogP contribution in [0.3, 0.4) is 0 Å². The SMILES string of the molecule is CCCC(=O)N1CCN(c2cccc(NC(C)=O)c2)CC1. The van der Waals surface area contributed by atoms with Gasteiger partial charge >= 0.3 is 0 Å². The quantitative estimate of drug-likeness (QED) is 0.923. The van der Waals surface area contributed by atoms with E-state index in [1.165, 1.54) is 6.92 Å². The Morgan fingerprint density at radius 1 is 1.19 bits per heavy atom. The Bertz CT molecular complexity index is 508. The summed E-state index contributed by atoms with van der Waals surface area (Å²) in [6.07, 6.45) is 1.54. The van der Waals surface area contributed by atoms with Gasteiger partial charge in [0.15, 0.2) is 0 Å². The maximum absolute atomic E-state index is 11.9. The molecule has 0 bridgehead atoms. The normalized spacial score (nSPS) is 15.0. The Kier molecular flexibility index (Phi) is 5.20. The molecule has 0 spiro atoms. The molecule has 1 saturated heterocycles. The van der Waals surface area contributed by atoms with Crippen LogP contribution >= 0.6 is 0 Å². The lowest BCUT2D eigenvalue weighted by atomic mass is 10.2. The van der Waals surface area contributed by atoms with Gasteiger partial charge in [0.25, 0.3) is 0 Å². The van der Waals surface area contributed by atoms with Crippen molar-refractivity contribution in [3.8, 4) is 0 Å². The van der Waals surface area contributed by atoms with Crippen molar-refractivity contribution in [2.75, 3.05) is 36.4 Å². The molecule has 1 aliphatic heterocycles. The van der Waals surface area contributed by atoms with Crippen LogP contribution in [0.2, 0.25) is 0 Å². The van der Waals surface area contributed by atoms with Crippen molar-refractivity contribution in [3.63, 3.8) is 0 Å². The van der Waals surface area contributed by atoms with Gasteiger partial charge in [0, 0.05) is 50.9 Å². The molecule has 1 fully saturated rings. The maximum Gasteiger partial charge on any atom is 0.222 e. The molecular weight excluding hydrogens is 266 g/mol. The second kappa shape index (κ2) is 7.11. The number of hydrogen-bond donors (Lipinski definition) is 1. The minimum atomic E-state index is -0.0675. The van der Waals surface area contributed by atoms with Gasteiger partial charge in [-0.15, -0.1) is 0 Å². The molecule has 2 amide bonds. The first-order valence-electron chi connectivity index (χ1n) is 7.50. The van der Waals surface area contributed by atoms with E-state index < -0.39 is 0 Å². The first-order chi connectivity index (χ1) is 10.1. The second-order valence-corrected chi connectivity index (χ2v) is 5.35. The highest BCUT2D eigenvalue weighted by molar-refractivity contribution is 5.89. The molecule has 114 valence electrons. The molecule has 5 heteroatoms. The molecule has 1 aromatic rings. The molecule has 0 aliphatic carbocycles. The number of nitrogens with zero attached hydrogens (tertiary/aromatic N) is 2. The first-order valence-corrected chi connectivity index (χ1v) is 7.50. The molecule has 1 aliphatic rings. The number of amides is 2. The number of carbonyl (C=O) groups excluding carboxylic acids is 2.